The fourth-order valence-electron chi connectivity index (χ4n) is 5.58. The molecule has 2 rings (SSSR count). The molecule has 0 spiro atoms. The molecule has 0 radical (unpaired) electrons. The number of hydrogen-bond acceptors (Lipinski definition) is 7. The third-order valence-electron chi connectivity index (χ3n) is 7.61. The van der Waals surface area contributed by atoms with Gasteiger partial charge in [-0.15, -0.1) is 0 Å². The Kier molecular flexibility index (Phi) is 15.9. The van der Waals surface area contributed by atoms with Gasteiger partial charge in [0, 0.05) is 38.2 Å². The van der Waals surface area contributed by atoms with E-state index < -0.39 is 6.10 Å². The molecule has 1 saturated carbocycles. The van der Waals surface area contributed by atoms with E-state index in [4.69, 9.17) is 18.9 Å². The van der Waals surface area contributed by atoms with Crippen molar-refractivity contribution in [1.82, 2.24) is 0 Å². The Bertz CT molecular complexity index is 737. The number of hydrogen-bond donors (Lipinski definition) is 1. The molecule has 38 heavy (non-hydrogen) atoms. The number of carbonyl (C=O) groups is 2. The zero-order valence-corrected chi connectivity index (χ0v) is 24.2. The highest BCUT2D eigenvalue weighted by Crippen LogP contribution is 2.42. The minimum atomic E-state index is -0.500. The van der Waals surface area contributed by atoms with Crippen LogP contribution in [0.5, 0.6) is 0 Å². The minimum absolute atomic E-state index is 0.0419. The van der Waals surface area contributed by atoms with Crippen LogP contribution < -0.4 is 0 Å². The van der Waals surface area contributed by atoms with Gasteiger partial charge in [-0.1, -0.05) is 49.5 Å². The van der Waals surface area contributed by atoms with Gasteiger partial charge in [0.2, 0.25) is 0 Å². The van der Waals surface area contributed by atoms with E-state index in [1.165, 1.54) is 19.6 Å². The van der Waals surface area contributed by atoms with Gasteiger partial charge in [0.25, 0.3) is 0 Å². The highest BCUT2D eigenvalue weighted by molar-refractivity contribution is 5.69. The lowest BCUT2D eigenvalue weighted by Gasteiger charge is -2.29. The lowest BCUT2D eigenvalue weighted by atomic mass is 9.87. The molecule has 218 valence electrons. The van der Waals surface area contributed by atoms with Crippen LogP contribution in [-0.4, -0.2) is 55.4 Å². The van der Waals surface area contributed by atoms with Gasteiger partial charge in [-0.3, -0.25) is 9.59 Å². The Morgan fingerprint density at radius 2 is 1.82 bits per heavy atom. The van der Waals surface area contributed by atoms with Crippen LogP contribution in [0, 0.1) is 11.8 Å². The summed E-state index contributed by atoms with van der Waals surface area (Å²) in [7, 11) is 1.42. The van der Waals surface area contributed by atoms with Crippen LogP contribution >= 0.6 is 0 Å². The van der Waals surface area contributed by atoms with Gasteiger partial charge < -0.3 is 24.1 Å². The predicted octanol–water partition coefficient (Wildman–Crippen LogP) is 6.42. The maximum atomic E-state index is 11.9. The second-order valence-electron chi connectivity index (χ2n) is 11.1. The smallest absolute Gasteiger partial charge is 0.305 e. The fourth-order valence-corrected chi connectivity index (χ4v) is 5.58. The molecular weight excluding hydrogens is 484 g/mol. The summed E-state index contributed by atoms with van der Waals surface area (Å²) in [4.78, 5) is 23.3. The first-order valence-electron chi connectivity index (χ1n) is 14.8. The lowest BCUT2D eigenvalue weighted by molar-refractivity contribution is -0.193. The molecule has 6 atom stereocenters. The van der Waals surface area contributed by atoms with E-state index in [1.54, 1.807) is 0 Å². The number of aliphatic hydroxyl groups excluding tert-OH is 1. The molecule has 0 bridgehead atoms. The van der Waals surface area contributed by atoms with Crippen molar-refractivity contribution in [3.8, 4) is 0 Å². The highest BCUT2D eigenvalue weighted by Gasteiger charge is 2.45. The molecule has 0 aromatic heterocycles. The third kappa shape index (κ3) is 12.9. The standard InChI is InChI=1S/C31H52O7/c1-23(2)14-8-7-9-15-25(33)19-20-27-26(16-10-5-6-11-17-30(34)35-4)28(37-24(3)32)22-29(27)38-31-18-12-13-21-36-31/h14,19-20,25-29,31,33H,5-13,15-18,21-22H2,1-4H3/b20-19+/t25?,26-,27-,28-,29-,31?/m1/s1. The lowest BCUT2D eigenvalue weighted by Crippen LogP contribution is -2.30. The Labute approximate surface area is 230 Å². The molecule has 7 heteroatoms. The molecule has 1 heterocycles. The molecule has 1 aliphatic heterocycles. The Morgan fingerprint density at radius 1 is 1.03 bits per heavy atom. The van der Waals surface area contributed by atoms with Gasteiger partial charge in [0.05, 0.1) is 19.3 Å². The first-order chi connectivity index (χ1) is 18.3. The number of ether oxygens (including phenoxy) is 4. The maximum Gasteiger partial charge on any atom is 0.305 e. The van der Waals surface area contributed by atoms with E-state index in [2.05, 4.69) is 26.0 Å². The zero-order chi connectivity index (χ0) is 27.8. The van der Waals surface area contributed by atoms with Crippen molar-refractivity contribution in [3.63, 3.8) is 0 Å². The summed E-state index contributed by atoms with van der Waals surface area (Å²) in [5.41, 5.74) is 1.33. The summed E-state index contributed by atoms with van der Waals surface area (Å²) >= 11 is 0. The normalized spacial score (nSPS) is 26.3. The predicted molar refractivity (Wildman–Crippen MR) is 148 cm³/mol. The van der Waals surface area contributed by atoms with Crippen molar-refractivity contribution in [3.05, 3.63) is 23.8 Å². The summed E-state index contributed by atoms with van der Waals surface area (Å²) in [6.45, 7) is 6.40. The van der Waals surface area contributed by atoms with E-state index in [0.29, 0.717) is 19.4 Å². The second-order valence-corrected chi connectivity index (χ2v) is 11.1. The average molecular weight is 537 g/mol. The Morgan fingerprint density at radius 3 is 2.50 bits per heavy atom. The van der Waals surface area contributed by atoms with Crippen molar-refractivity contribution < 1.29 is 33.6 Å². The van der Waals surface area contributed by atoms with E-state index in [-0.39, 0.29) is 42.3 Å². The number of rotatable bonds is 17. The molecule has 0 aromatic rings. The van der Waals surface area contributed by atoms with Crippen LogP contribution in [0.1, 0.15) is 111 Å². The Balaban J connectivity index is 2.02. The average Bonchev–Trinajstić information content (AvgIpc) is 3.19. The number of allylic oxidation sites excluding steroid dienone is 2. The molecule has 1 aliphatic carbocycles. The van der Waals surface area contributed by atoms with E-state index in [9.17, 15) is 14.7 Å². The second kappa shape index (κ2) is 18.6. The SMILES string of the molecule is COC(=O)CCCCCC[C@@H]1[C@@H](/C=C/C(O)CCCCC=C(C)C)[C@H](OC2CCCCO2)C[C@H]1OC(C)=O. The molecule has 1 saturated heterocycles. The number of aliphatic hydroxyl groups is 1. The van der Waals surface area contributed by atoms with Crippen LogP contribution in [0.3, 0.4) is 0 Å². The maximum absolute atomic E-state index is 11.9. The molecular formula is C31H52O7. The van der Waals surface area contributed by atoms with Crippen molar-refractivity contribution in [2.24, 2.45) is 11.8 Å². The molecule has 2 fully saturated rings. The monoisotopic (exact) mass is 536 g/mol. The molecule has 2 aliphatic rings. The van der Waals surface area contributed by atoms with Crippen molar-refractivity contribution in [1.29, 1.82) is 0 Å². The number of carbonyl (C=O) groups excluding carboxylic acids is 2. The van der Waals surface area contributed by atoms with Crippen LogP contribution in [0.25, 0.3) is 0 Å². The van der Waals surface area contributed by atoms with Gasteiger partial charge in [-0.25, -0.2) is 0 Å². The van der Waals surface area contributed by atoms with Gasteiger partial charge in [-0.05, 0) is 65.2 Å². The van der Waals surface area contributed by atoms with Crippen LogP contribution in [0.2, 0.25) is 0 Å². The quantitative estimate of drug-likeness (QED) is 0.130. The first-order valence-corrected chi connectivity index (χ1v) is 14.8. The molecule has 1 N–H and O–H groups in total. The van der Waals surface area contributed by atoms with Crippen molar-refractivity contribution in [2.75, 3.05) is 13.7 Å². The van der Waals surface area contributed by atoms with Gasteiger partial charge >= 0.3 is 11.9 Å². The summed E-state index contributed by atoms with van der Waals surface area (Å²) < 4.78 is 22.8. The van der Waals surface area contributed by atoms with Crippen molar-refractivity contribution in [2.45, 2.75) is 135 Å². The van der Waals surface area contributed by atoms with Crippen LogP contribution in [0.15, 0.2) is 23.8 Å². The topological polar surface area (TPSA) is 91.3 Å². The van der Waals surface area contributed by atoms with E-state index in [0.717, 1.165) is 77.0 Å². The number of unbranched alkanes of at least 4 members (excludes halogenated alkanes) is 5. The van der Waals surface area contributed by atoms with Crippen molar-refractivity contribution >= 4 is 11.9 Å². The first kappa shape index (κ1) is 32.5. The largest absolute Gasteiger partial charge is 0.469 e. The summed E-state index contributed by atoms with van der Waals surface area (Å²) in [6, 6.07) is 0. The summed E-state index contributed by atoms with van der Waals surface area (Å²) in [5.74, 6) is -0.275. The number of esters is 2. The summed E-state index contributed by atoms with van der Waals surface area (Å²) in [6.07, 6.45) is 17.8. The van der Waals surface area contributed by atoms with E-state index in [1.807, 2.05) is 6.08 Å². The molecule has 7 nitrogen and oxygen atoms in total. The van der Waals surface area contributed by atoms with Crippen LogP contribution in [0.4, 0.5) is 0 Å². The van der Waals surface area contributed by atoms with Gasteiger partial charge in [0.1, 0.15) is 6.10 Å². The summed E-state index contributed by atoms with van der Waals surface area (Å²) in [5, 5.41) is 10.7. The fraction of sp³-hybridized carbons (Fsp3) is 0.806. The zero-order valence-electron chi connectivity index (χ0n) is 24.2. The third-order valence-corrected chi connectivity index (χ3v) is 7.61. The molecule has 0 amide bonds. The molecule has 2 unspecified atom stereocenters. The highest BCUT2D eigenvalue weighted by atomic mass is 16.7. The minimum Gasteiger partial charge on any atom is -0.469 e. The van der Waals surface area contributed by atoms with Gasteiger partial charge in [-0.2, -0.15) is 0 Å². The number of methoxy groups -OCH3 is 1. The van der Waals surface area contributed by atoms with Gasteiger partial charge in [0.15, 0.2) is 6.29 Å². The van der Waals surface area contributed by atoms with Crippen LogP contribution in [-0.2, 0) is 28.5 Å². The van der Waals surface area contributed by atoms with E-state index >= 15 is 0 Å². The molecule has 0 aromatic carbocycles. The Hall–Kier alpha value is -1.70.